The van der Waals surface area contributed by atoms with Gasteiger partial charge >= 0.3 is 0 Å². The van der Waals surface area contributed by atoms with Gasteiger partial charge in [-0.05, 0) is 44.0 Å². The maximum atomic E-state index is 13.7. The average molecular weight is 453 g/mol. The lowest BCUT2D eigenvalue weighted by Crippen LogP contribution is -2.37. The van der Waals surface area contributed by atoms with Crippen molar-refractivity contribution in [2.75, 3.05) is 31.8 Å². The average Bonchev–Trinajstić information content (AvgIpc) is 3.56. The van der Waals surface area contributed by atoms with Crippen LogP contribution in [0, 0.1) is 0 Å². The molecular formula is C24H24N2O5S. The van der Waals surface area contributed by atoms with Crippen LogP contribution in [0.3, 0.4) is 0 Å². The van der Waals surface area contributed by atoms with E-state index in [1.807, 2.05) is 43.3 Å². The number of aromatic nitrogens is 1. The molecule has 0 spiro atoms. The summed E-state index contributed by atoms with van der Waals surface area (Å²) in [6.45, 7) is 3.61. The van der Waals surface area contributed by atoms with Crippen molar-refractivity contribution < 1.29 is 23.4 Å². The van der Waals surface area contributed by atoms with Gasteiger partial charge in [0.2, 0.25) is 0 Å². The predicted octanol–water partition coefficient (Wildman–Crippen LogP) is 5.28. The Kier molecular flexibility index (Phi) is 5.71. The van der Waals surface area contributed by atoms with E-state index >= 15 is 0 Å². The summed E-state index contributed by atoms with van der Waals surface area (Å²) in [6, 6.07) is 13.2. The van der Waals surface area contributed by atoms with Crippen LogP contribution in [0.5, 0.6) is 11.5 Å². The van der Waals surface area contributed by atoms with Crippen LogP contribution in [0.2, 0.25) is 0 Å². The Bertz CT molecular complexity index is 1260. The summed E-state index contributed by atoms with van der Waals surface area (Å²) in [7, 11) is 1.58. The molecule has 0 bridgehead atoms. The Morgan fingerprint density at radius 1 is 1.25 bits per heavy atom. The number of para-hydroxylation sites is 2. The number of carbonyl (C=O) groups excluding carboxylic acids is 1. The molecular weight excluding hydrogens is 428 g/mol. The maximum Gasteiger partial charge on any atom is 0.295 e. The van der Waals surface area contributed by atoms with Crippen molar-refractivity contribution in [2.24, 2.45) is 0 Å². The Balaban J connectivity index is 1.56. The van der Waals surface area contributed by atoms with E-state index in [1.165, 1.54) is 11.3 Å². The largest absolute Gasteiger partial charge is 0.493 e. The molecule has 0 aliphatic carbocycles. The van der Waals surface area contributed by atoms with E-state index in [4.69, 9.17) is 23.6 Å². The molecule has 1 atom stereocenters. The third-order valence-electron chi connectivity index (χ3n) is 5.50. The molecule has 0 radical (unpaired) electrons. The number of benzene rings is 2. The number of hydrogen-bond donors (Lipinski definition) is 0. The number of rotatable bonds is 7. The van der Waals surface area contributed by atoms with E-state index in [9.17, 15) is 4.79 Å². The van der Waals surface area contributed by atoms with E-state index in [0.29, 0.717) is 42.0 Å². The van der Waals surface area contributed by atoms with Crippen LogP contribution in [-0.2, 0) is 4.74 Å². The van der Waals surface area contributed by atoms with Gasteiger partial charge in [0.05, 0.1) is 31.1 Å². The Morgan fingerprint density at radius 3 is 2.88 bits per heavy atom. The van der Waals surface area contributed by atoms with Gasteiger partial charge in [0.25, 0.3) is 5.91 Å². The number of furan rings is 1. The molecule has 5 rings (SSSR count). The van der Waals surface area contributed by atoms with Crippen LogP contribution >= 0.6 is 11.3 Å². The molecule has 1 saturated heterocycles. The van der Waals surface area contributed by atoms with Crippen molar-refractivity contribution in [3.8, 4) is 11.5 Å². The molecule has 32 heavy (non-hydrogen) atoms. The maximum absolute atomic E-state index is 13.7. The zero-order chi connectivity index (χ0) is 22.1. The summed E-state index contributed by atoms with van der Waals surface area (Å²) in [5.74, 6) is 1.29. The summed E-state index contributed by atoms with van der Waals surface area (Å²) in [5, 5.41) is 1.41. The molecule has 7 nitrogen and oxygen atoms in total. The van der Waals surface area contributed by atoms with E-state index in [1.54, 1.807) is 18.1 Å². The molecule has 0 N–H and O–H groups in total. The number of thiazole rings is 1. The standard InChI is InChI=1S/C24H24N2O5S/c1-3-29-17-9-5-11-20-21(17)25-24(32-20)26(14-16-8-6-12-30-16)23(27)19-13-15-7-4-10-18(28-2)22(15)31-19/h4-5,7,9-11,13,16H,3,6,8,12,14H2,1-2H3. The minimum atomic E-state index is -0.254. The Hall–Kier alpha value is -3.10. The molecule has 8 heteroatoms. The molecule has 166 valence electrons. The highest BCUT2D eigenvalue weighted by atomic mass is 32.1. The third kappa shape index (κ3) is 3.80. The predicted molar refractivity (Wildman–Crippen MR) is 124 cm³/mol. The molecule has 4 aromatic rings. The van der Waals surface area contributed by atoms with Crippen LogP contribution in [0.25, 0.3) is 21.2 Å². The van der Waals surface area contributed by atoms with Gasteiger partial charge in [0, 0.05) is 12.0 Å². The third-order valence-corrected chi connectivity index (χ3v) is 6.54. The fourth-order valence-electron chi connectivity index (χ4n) is 3.97. The van der Waals surface area contributed by atoms with Gasteiger partial charge < -0.3 is 18.6 Å². The first-order valence-electron chi connectivity index (χ1n) is 10.7. The smallest absolute Gasteiger partial charge is 0.295 e. The lowest BCUT2D eigenvalue weighted by atomic mass is 10.2. The summed E-state index contributed by atoms with van der Waals surface area (Å²) in [6.07, 6.45) is 1.87. The zero-order valence-corrected chi connectivity index (χ0v) is 18.8. The van der Waals surface area contributed by atoms with Gasteiger partial charge in [0.1, 0.15) is 11.3 Å². The number of amides is 1. The molecule has 1 fully saturated rings. The Labute approximate surface area is 189 Å². The van der Waals surface area contributed by atoms with Gasteiger partial charge in [-0.3, -0.25) is 9.69 Å². The fourth-order valence-corrected chi connectivity index (χ4v) is 4.97. The van der Waals surface area contributed by atoms with Crippen molar-refractivity contribution in [2.45, 2.75) is 25.9 Å². The van der Waals surface area contributed by atoms with E-state index in [0.717, 1.165) is 28.4 Å². The van der Waals surface area contributed by atoms with E-state index in [-0.39, 0.29) is 17.8 Å². The highest BCUT2D eigenvalue weighted by Crippen LogP contribution is 2.36. The molecule has 1 unspecified atom stereocenters. The van der Waals surface area contributed by atoms with Crippen molar-refractivity contribution in [3.05, 3.63) is 48.2 Å². The number of ether oxygens (including phenoxy) is 3. The van der Waals surface area contributed by atoms with Gasteiger partial charge in [-0.1, -0.05) is 29.5 Å². The quantitative estimate of drug-likeness (QED) is 0.380. The van der Waals surface area contributed by atoms with Crippen molar-refractivity contribution in [1.82, 2.24) is 4.98 Å². The number of hydrogen-bond acceptors (Lipinski definition) is 7. The first kappa shape index (κ1) is 20.8. The minimum absolute atomic E-state index is 0.0313. The van der Waals surface area contributed by atoms with Gasteiger partial charge in [-0.2, -0.15) is 0 Å². The van der Waals surface area contributed by atoms with Crippen LogP contribution in [-0.4, -0.2) is 43.9 Å². The highest BCUT2D eigenvalue weighted by molar-refractivity contribution is 7.22. The highest BCUT2D eigenvalue weighted by Gasteiger charge is 2.29. The molecule has 0 saturated carbocycles. The fraction of sp³-hybridized carbons (Fsp3) is 0.333. The van der Waals surface area contributed by atoms with Gasteiger partial charge in [-0.15, -0.1) is 0 Å². The van der Waals surface area contributed by atoms with Crippen molar-refractivity contribution in [1.29, 1.82) is 0 Å². The summed E-state index contributed by atoms with van der Waals surface area (Å²) < 4.78 is 23.9. The van der Waals surface area contributed by atoms with Crippen LogP contribution in [0.4, 0.5) is 5.13 Å². The van der Waals surface area contributed by atoms with Crippen LogP contribution < -0.4 is 14.4 Å². The van der Waals surface area contributed by atoms with Gasteiger partial charge in [0.15, 0.2) is 22.2 Å². The SMILES string of the molecule is CCOc1cccc2sc(N(CC3CCCO3)C(=O)c3cc4cccc(OC)c4o3)nc12. The van der Waals surface area contributed by atoms with E-state index in [2.05, 4.69) is 0 Å². The first-order chi connectivity index (χ1) is 15.7. The number of anilines is 1. The second-order valence-corrected chi connectivity index (χ2v) is 8.58. The molecule has 3 heterocycles. The van der Waals surface area contributed by atoms with Gasteiger partial charge in [-0.25, -0.2) is 4.98 Å². The summed E-state index contributed by atoms with van der Waals surface area (Å²) in [5.41, 5.74) is 1.31. The molecule has 2 aromatic heterocycles. The molecule has 1 aliphatic heterocycles. The second-order valence-electron chi connectivity index (χ2n) is 7.57. The van der Waals surface area contributed by atoms with Crippen LogP contribution in [0.1, 0.15) is 30.3 Å². The van der Waals surface area contributed by atoms with Crippen molar-refractivity contribution in [3.63, 3.8) is 0 Å². The number of fused-ring (bicyclic) bond motifs is 2. The minimum Gasteiger partial charge on any atom is -0.493 e. The monoisotopic (exact) mass is 452 g/mol. The normalized spacial score (nSPS) is 16.0. The molecule has 1 amide bonds. The topological polar surface area (TPSA) is 74.0 Å². The molecule has 2 aromatic carbocycles. The number of nitrogens with zero attached hydrogens (tertiary/aromatic N) is 2. The summed E-state index contributed by atoms with van der Waals surface area (Å²) in [4.78, 5) is 20.1. The molecule has 1 aliphatic rings. The lowest BCUT2D eigenvalue weighted by molar-refractivity contribution is 0.0896. The first-order valence-corrected chi connectivity index (χ1v) is 11.5. The van der Waals surface area contributed by atoms with E-state index < -0.39 is 0 Å². The number of carbonyl (C=O) groups is 1. The second kappa shape index (κ2) is 8.80. The zero-order valence-electron chi connectivity index (χ0n) is 18.0. The summed E-state index contributed by atoms with van der Waals surface area (Å²) >= 11 is 1.46. The lowest BCUT2D eigenvalue weighted by Gasteiger charge is -2.22. The van der Waals surface area contributed by atoms with Crippen molar-refractivity contribution >= 4 is 43.6 Å². The van der Waals surface area contributed by atoms with Crippen LogP contribution in [0.15, 0.2) is 46.9 Å². The Morgan fingerprint density at radius 2 is 2.09 bits per heavy atom. The number of methoxy groups -OCH3 is 1.